The molecule has 0 heterocycles. The second kappa shape index (κ2) is 4.42. The summed E-state index contributed by atoms with van der Waals surface area (Å²) in [7, 11) is 0. The van der Waals surface area contributed by atoms with Crippen molar-refractivity contribution in [3.63, 3.8) is 0 Å². The van der Waals surface area contributed by atoms with E-state index in [4.69, 9.17) is 10.2 Å². The van der Waals surface area contributed by atoms with E-state index in [1.165, 1.54) is 0 Å². The number of aliphatic carboxylic acids is 1. The summed E-state index contributed by atoms with van der Waals surface area (Å²) in [5.74, 6) is -0.911. The van der Waals surface area contributed by atoms with E-state index in [-0.39, 0.29) is 0 Å². The standard InChI is InChI=1S/C8H17NO3/c1-4-6(10)5-9-8(2,3)7(11)12/h6,9-10H,4-5H2,1-3H3,(H,11,12). The third-order valence-electron chi connectivity index (χ3n) is 1.79. The third kappa shape index (κ3) is 3.69. The Labute approximate surface area is 72.6 Å². The van der Waals surface area contributed by atoms with Gasteiger partial charge in [0.25, 0.3) is 0 Å². The molecule has 0 bridgehead atoms. The second-order valence-electron chi connectivity index (χ2n) is 3.37. The first kappa shape index (κ1) is 11.4. The fourth-order valence-corrected chi connectivity index (χ4v) is 0.593. The fraction of sp³-hybridized carbons (Fsp3) is 0.875. The van der Waals surface area contributed by atoms with Crippen molar-refractivity contribution in [2.45, 2.75) is 38.8 Å². The van der Waals surface area contributed by atoms with Crippen LogP contribution in [0.25, 0.3) is 0 Å². The number of aliphatic hydroxyl groups excluding tert-OH is 1. The van der Waals surface area contributed by atoms with E-state index in [0.29, 0.717) is 13.0 Å². The maximum Gasteiger partial charge on any atom is 0.323 e. The van der Waals surface area contributed by atoms with Crippen LogP contribution in [0.5, 0.6) is 0 Å². The number of rotatable bonds is 5. The summed E-state index contributed by atoms with van der Waals surface area (Å²) < 4.78 is 0. The monoisotopic (exact) mass is 175 g/mol. The van der Waals surface area contributed by atoms with Crippen molar-refractivity contribution in [1.82, 2.24) is 5.32 Å². The van der Waals surface area contributed by atoms with Crippen LogP contribution in [-0.4, -0.2) is 34.4 Å². The lowest BCUT2D eigenvalue weighted by atomic mass is 10.1. The summed E-state index contributed by atoms with van der Waals surface area (Å²) in [6.07, 6.45) is 0.159. The highest BCUT2D eigenvalue weighted by atomic mass is 16.4. The molecule has 3 N–H and O–H groups in total. The SMILES string of the molecule is CCC(O)CNC(C)(C)C(=O)O. The highest BCUT2D eigenvalue weighted by Gasteiger charge is 2.26. The molecule has 72 valence electrons. The Morgan fingerprint density at radius 3 is 2.42 bits per heavy atom. The lowest BCUT2D eigenvalue weighted by Gasteiger charge is -2.22. The molecular formula is C8H17NO3. The van der Waals surface area contributed by atoms with E-state index in [2.05, 4.69) is 5.32 Å². The smallest absolute Gasteiger partial charge is 0.323 e. The summed E-state index contributed by atoms with van der Waals surface area (Å²) in [5.41, 5.74) is -0.962. The Morgan fingerprint density at radius 1 is 1.58 bits per heavy atom. The largest absolute Gasteiger partial charge is 0.480 e. The zero-order chi connectivity index (χ0) is 9.78. The van der Waals surface area contributed by atoms with Gasteiger partial charge in [0.2, 0.25) is 0 Å². The van der Waals surface area contributed by atoms with E-state index in [1.807, 2.05) is 6.92 Å². The molecule has 0 fully saturated rings. The Morgan fingerprint density at radius 2 is 2.08 bits per heavy atom. The topological polar surface area (TPSA) is 69.6 Å². The van der Waals surface area contributed by atoms with Gasteiger partial charge >= 0.3 is 5.97 Å². The van der Waals surface area contributed by atoms with Crippen LogP contribution < -0.4 is 5.32 Å². The number of carboxylic acids is 1. The molecule has 0 radical (unpaired) electrons. The molecule has 0 rings (SSSR count). The van der Waals surface area contributed by atoms with Gasteiger partial charge in [-0.15, -0.1) is 0 Å². The summed E-state index contributed by atoms with van der Waals surface area (Å²) >= 11 is 0. The van der Waals surface area contributed by atoms with Crippen LogP contribution in [0.15, 0.2) is 0 Å². The zero-order valence-electron chi connectivity index (χ0n) is 7.79. The highest BCUT2D eigenvalue weighted by molar-refractivity contribution is 5.77. The van der Waals surface area contributed by atoms with E-state index in [1.54, 1.807) is 13.8 Å². The zero-order valence-corrected chi connectivity index (χ0v) is 7.79. The van der Waals surface area contributed by atoms with E-state index in [0.717, 1.165) is 0 Å². The number of hydrogen-bond donors (Lipinski definition) is 3. The molecule has 4 nitrogen and oxygen atoms in total. The number of aliphatic hydroxyl groups is 1. The molecule has 0 saturated carbocycles. The summed E-state index contributed by atoms with van der Waals surface area (Å²) in [4.78, 5) is 10.6. The molecule has 1 atom stereocenters. The summed E-state index contributed by atoms with van der Waals surface area (Å²) in [5, 5.41) is 20.6. The van der Waals surface area contributed by atoms with Crippen molar-refractivity contribution in [1.29, 1.82) is 0 Å². The van der Waals surface area contributed by atoms with E-state index < -0.39 is 17.6 Å². The predicted molar refractivity (Wildman–Crippen MR) is 46.0 cm³/mol. The quantitative estimate of drug-likeness (QED) is 0.558. The molecule has 0 aliphatic heterocycles. The number of carbonyl (C=O) groups is 1. The average molecular weight is 175 g/mol. The molecule has 0 aromatic heterocycles. The minimum absolute atomic E-state index is 0.315. The number of β-amino-alcohol motifs (C(OH)–C–C–N with tert-alkyl or cyclic N) is 1. The second-order valence-corrected chi connectivity index (χ2v) is 3.37. The Hall–Kier alpha value is -0.610. The lowest BCUT2D eigenvalue weighted by molar-refractivity contribution is -0.143. The van der Waals surface area contributed by atoms with Gasteiger partial charge in [0.05, 0.1) is 6.10 Å². The maximum absolute atomic E-state index is 10.6. The predicted octanol–water partition coefficient (Wildman–Crippen LogP) is 0.210. The molecule has 0 saturated heterocycles. The molecular weight excluding hydrogens is 158 g/mol. The van der Waals surface area contributed by atoms with Gasteiger partial charge in [0.1, 0.15) is 5.54 Å². The van der Waals surface area contributed by atoms with Gasteiger partial charge < -0.3 is 10.2 Å². The molecule has 0 aromatic carbocycles. The van der Waals surface area contributed by atoms with Gasteiger partial charge in [-0.1, -0.05) is 6.92 Å². The van der Waals surface area contributed by atoms with Gasteiger partial charge in [-0.3, -0.25) is 10.1 Å². The van der Waals surface area contributed by atoms with Crippen LogP contribution in [0.1, 0.15) is 27.2 Å². The summed E-state index contributed by atoms with van der Waals surface area (Å²) in [6.45, 7) is 5.30. The van der Waals surface area contributed by atoms with Crippen molar-refractivity contribution in [3.05, 3.63) is 0 Å². The van der Waals surface area contributed by atoms with Crippen LogP contribution in [0.4, 0.5) is 0 Å². The Balaban J connectivity index is 3.83. The number of nitrogens with one attached hydrogen (secondary N) is 1. The van der Waals surface area contributed by atoms with Crippen molar-refractivity contribution in [2.75, 3.05) is 6.54 Å². The normalized spacial score (nSPS) is 14.3. The summed E-state index contributed by atoms with van der Waals surface area (Å²) in [6, 6.07) is 0. The molecule has 12 heavy (non-hydrogen) atoms. The molecule has 0 aliphatic carbocycles. The first-order chi connectivity index (χ1) is 5.40. The van der Waals surface area contributed by atoms with Gasteiger partial charge in [0, 0.05) is 6.54 Å². The van der Waals surface area contributed by atoms with Crippen LogP contribution in [0, 0.1) is 0 Å². The molecule has 0 spiro atoms. The lowest BCUT2D eigenvalue weighted by Crippen LogP contribution is -2.49. The molecule has 4 heteroatoms. The van der Waals surface area contributed by atoms with Crippen molar-refractivity contribution < 1.29 is 15.0 Å². The van der Waals surface area contributed by atoms with Crippen molar-refractivity contribution in [3.8, 4) is 0 Å². The third-order valence-corrected chi connectivity index (χ3v) is 1.79. The van der Waals surface area contributed by atoms with Crippen LogP contribution in [0.3, 0.4) is 0 Å². The maximum atomic E-state index is 10.6. The Kier molecular flexibility index (Phi) is 4.20. The molecule has 0 amide bonds. The molecule has 0 aromatic rings. The van der Waals surface area contributed by atoms with Crippen molar-refractivity contribution in [2.24, 2.45) is 0 Å². The fourth-order valence-electron chi connectivity index (χ4n) is 0.593. The van der Waals surface area contributed by atoms with Gasteiger partial charge in [-0.25, -0.2) is 0 Å². The van der Waals surface area contributed by atoms with Gasteiger partial charge in [0.15, 0.2) is 0 Å². The first-order valence-electron chi connectivity index (χ1n) is 4.06. The molecule has 1 unspecified atom stereocenters. The number of hydrogen-bond acceptors (Lipinski definition) is 3. The van der Waals surface area contributed by atoms with Gasteiger partial charge in [-0.05, 0) is 20.3 Å². The minimum Gasteiger partial charge on any atom is -0.480 e. The minimum atomic E-state index is -0.962. The van der Waals surface area contributed by atoms with Crippen molar-refractivity contribution >= 4 is 5.97 Å². The van der Waals surface area contributed by atoms with E-state index in [9.17, 15) is 4.79 Å². The van der Waals surface area contributed by atoms with Gasteiger partial charge in [-0.2, -0.15) is 0 Å². The first-order valence-corrected chi connectivity index (χ1v) is 4.06. The molecule has 0 aliphatic rings. The Bertz CT molecular complexity index is 156. The van der Waals surface area contributed by atoms with E-state index >= 15 is 0 Å². The van der Waals surface area contributed by atoms with Crippen LogP contribution >= 0.6 is 0 Å². The highest BCUT2D eigenvalue weighted by Crippen LogP contribution is 2.01. The average Bonchev–Trinajstić information content (AvgIpc) is 2.00. The van der Waals surface area contributed by atoms with Crippen LogP contribution in [0.2, 0.25) is 0 Å². The number of carboxylic acid groups (broad SMARTS) is 1. The van der Waals surface area contributed by atoms with Crippen LogP contribution in [-0.2, 0) is 4.79 Å².